The third-order valence-electron chi connectivity index (χ3n) is 5.48. The van der Waals surface area contributed by atoms with Gasteiger partial charge >= 0.3 is 0 Å². The molecule has 24 heavy (non-hydrogen) atoms. The van der Waals surface area contributed by atoms with Crippen molar-refractivity contribution in [1.29, 1.82) is 0 Å². The number of aryl methyl sites for hydroxylation is 2. The number of piperidine rings is 1. The molecule has 1 spiro atoms. The number of hydrogen-bond donors (Lipinski definition) is 0. The average Bonchev–Trinajstić information content (AvgIpc) is 2.55. The molecule has 0 N–H and O–H groups in total. The highest BCUT2D eigenvalue weighted by atomic mass is 16.5. The maximum absolute atomic E-state index is 12.6. The van der Waals surface area contributed by atoms with Crippen LogP contribution in [-0.4, -0.2) is 35.3 Å². The molecule has 1 saturated heterocycles. The van der Waals surface area contributed by atoms with Gasteiger partial charge in [0.1, 0.15) is 11.4 Å². The molecule has 4 nitrogen and oxygen atoms in total. The van der Waals surface area contributed by atoms with Gasteiger partial charge in [-0.15, -0.1) is 0 Å². The summed E-state index contributed by atoms with van der Waals surface area (Å²) in [6.07, 6.45) is 4.52. The average molecular weight is 329 g/mol. The molecule has 1 aromatic carbocycles. The molecule has 1 fully saturated rings. The Morgan fingerprint density at radius 2 is 1.88 bits per heavy atom. The Balaban J connectivity index is 1.72. The summed E-state index contributed by atoms with van der Waals surface area (Å²) in [6, 6.07) is 3.94. The van der Waals surface area contributed by atoms with Gasteiger partial charge in [-0.2, -0.15) is 0 Å². The lowest BCUT2D eigenvalue weighted by Crippen LogP contribution is -2.52. The molecular formula is C20H27NO3. The highest BCUT2D eigenvalue weighted by Gasteiger charge is 2.43. The summed E-state index contributed by atoms with van der Waals surface area (Å²) < 4.78 is 6.32. The number of likely N-dealkylation sites (tertiary alicyclic amines) is 1. The summed E-state index contributed by atoms with van der Waals surface area (Å²) in [6.45, 7) is 7.54. The van der Waals surface area contributed by atoms with Gasteiger partial charge in [0.25, 0.3) is 0 Å². The summed E-state index contributed by atoms with van der Waals surface area (Å²) in [5.74, 6) is 1.13. The van der Waals surface area contributed by atoms with E-state index in [2.05, 4.69) is 6.92 Å². The molecule has 1 amide bonds. The molecule has 0 bridgehead atoms. The Hall–Kier alpha value is -1.84. The van der Waals surface area contributed by atoms with Crippen molar-refractivity contribution in [1.82, 2.24) is 4.90 Å². The van der Waals surface area contributed by atoms with Gasteiger partial charge in [0.2, 0.25) is 5.91 Å². The van der Waals surface area contributed by atoms with E-state index < -0.39 is 5.60 Å². The lowest BCUT2D eigenvalue weighted by molar-refractivity contribution is -0.134. The van der Waals surface area contributed by atoms with Crippen molar-refractivity contribution >= 4 is 11.7 Å². The summed E-state index contributed by atoms with van der Waals surface area (Å²) >= 11 is 0. The predicted molar refractivity (Wildman–Crippen MR) is 93.6 cm³/mol. The number of nitrogens with zero attached hydrogens (tertiary/aromatic N) is 1. The van der Waals surface area contributed by atoms with E-state index in [9.17, 15) is 9.59 Å². The molecule has 3 rings (SSSR count). The van der Waals surface area contributed by atoms with Gasteiger partial charge in [0.05, 0.1) is 12.0 Å². The second kappa shape index (κ2) is 6.58. The maximum atomic E-state index is 12.6. The van der Waals surface area contributed by atoms with Crippen molar-refractivity contribution < 1.29 is 14.3 Å². The molecule has 2 aliphatic rings. The Kier molecular flexibility index (Phi) is 4.66. The van der Waals surface area contributed by atoms with Crippen molar-refractivity contribution in [3.63, 3.8) is 0 Å². The molecule has 2 heterocycles. The van der Waals surface area contributed by atoms with Crippen molar-refractivity contribution in [2.24, 2.45) is 0 Å². The number of ether oxygens (including phenoxy) is 1. The number of benzene rings is 1. The Bertz CT molecular complexity index is 657. The van der Waals surface area contributed by atoms with Crippen LogP contribution in [0.25, 0.3) is 0 Å². The van der Waals surface area contributed by atoms with E-state index in [1.54, 1.807) is 0 Å². The molecule has 0 radical (unpaired) electrons. The van der Waals surface area contributed by atoms with Crippen LogP contribution in [0.2, 0.25) is 0 Å². The molecule has 1 aromatic rings. The highest BCUT2D eigenvalue weighted by Crippen LogP contribution is 2.40. The maximum Gasteiger partial charge on any atom is 0.222 e. The topological polar surface area (TPSA) is 46.6 Å². The number of carbonyl (C=O) groups excluding carboxylic acids is 2. The molecular weight excluding hydrogens is 302 g/mol. The van der Waals surface area contributed by atoms with Crippen LogP contribution in [-0.2, 0) is 4.79 Å². The summed E-state index contributed by atoms with van der Waals surface area (Å²) in [4.78, 5) is 26.7. The van der Waals surface area contributed by atoms with Crippen LogP contribution in [0.1, 0.15) is 66.9 Å². The first-order valence-corrected chi connectivity index (χ1v) is 9.05. The smallest absolute Gasteiger partial charge is 0.222 e. The molecule has 4 heteroatoms. The third kappa shape index (κ3) is 3.19. The zero-order chi connectivity index (χ0) is 17.3. The summed E-state index contributed by atoms with van der Waals surface area (Å²) in [7, 11) is 0. The van der Waals surface area contributed by atoms with Gasteiger partial charge < -0.3 is 9.64 Å². The predicted octanol–water partition coefficient (Wildman–Crippen LogP) is 3.82. The number of Topliss-reactive ketones (excluding diaryl/α,β-unsaturated/α-hetero) is 1. The van der Waals surface area contributed by atoms with Crippen molar-refractivity contribution in [3.8, 4) is 5.75 Å². The Morgan fingerprint density at radius 1 is 1.21 bits per heavy atom. The first kappa shape index (κ1) is 17.0. The standard InChI is InChI=1S/C20H27NO3/c1-4-5-6-19(23)21-9-7-20(8-10-21)13-17(22)16-11-14(2)15(3)12-18(16)24-20/h11-12H,4-10,13H2,1-3H3. The lowest BCUT2D eigenvalue weighted by atomic mass is 9.82. The summed E-state index contributed by atoms with van der Waals surface area (Å²) in [5, 5.41) is 0. The lowest BCUT2D eigenvalue weighted by Gasteiger charge is -2.44. The fraction of sp³-hybridized carbons (Fsp3) is 0.600. The normalized spacial score (nSPS) is 19.1. The molecule has 0 aliphatic carbocycles. The fourth-order valence-corrected chi connectivity index (χ4v) is 3.68. The number of unbranched alkanes of at least 4 members (excludes halogenated alkanes) is 1. The molecule has 0 atom stereocenters. The Morgan fingerprint density at radius 3 is 2.54 bits per heavy atom. The quantitative estimate of drug-likeness (QED) is 0.847. The third-order valence-corrected chi connectivity index (χ3v) is 5.48. The van der Waals surface area contributed by atoms with Crippen LogP contribution >= 0.6 is 0 Å². The number of amides is 1. The first-order chi connectivity index (χ1) is 11.4. The van der Waals surface area contributed by atoms with Gasteiger partial charge in [0, 0.05) is 32.4 Å². The number of fused-ring (bicyclic) bond motifs is 1. The minimum absolute atomic E-state index is 0.171. The van der Waals surface area contributed by atoms with Crippen LogP contribution in [0, 0.1) is 13.8 Å². The van der Waals surface area contributed by atoms with Crippen molar-refractivity contribution in [3.05, 3.63) is 28.8 Å². The fourth-order valence-electron chi connectivity index (χ4n) is 3.68. The van der Waals surface area contributed by atoms with E-state index in [0.717, 1.165) is 42.6 Å². The van der Waals surface area contributed by atoms with Crippen LogP contribution < -0.4 is 4.74 Å². The molecule has 0 aromatic heterocycles. The highest BCUT2D eigenvalue weighted by molar-refractivity contribution is 6.00. The zero-order valence-corrected chi connectivity index (χ0v) is 15.0. The second-order valence-electron chi connectivity index (χ2n) is 7.30. The molecule has 2 aliphatic heterocycles. The van der Waals surface area contributed by atoms with Gasteiger partial charge in [-0.05, 0) is 43.5 Å². The van der Waals surface area contributed by atoms with E-state index in [1.165, 1.54) is 0 Å². The molecule has 0 saturated carbocycles. The summed E-state index contributed by atoms with van der Waals surface area (Å²) in [5.41, 5.74) is 2.56. The van der Waals surface area contributed by atoms with Crippen LogP contribution in [0.4, 0.5) is 0 Å². The Labute approximate surface area is 144 Å². The van der Waals surface area contributed by atoms with E-state index in [-0.39, 0.29) is 11.7 Å². The van der Waals surface area contributed by atoms with Gasteiger partial charge in [-0.3, -0.25) is 9.59 Å². The van der Waals surface area contributed by atoms with Crippen LogP contribution in [0.5, 0.6) is 5.75 Å². The minimum atomic E-state index is -0.423. The monoisotopic (exact) mass is 329 g/mol. The van der Waals surface area contributed by atoms with Crippen LogP contribution in [0.3, 0.4) is 0 Å². The van der Waals surface area contributed by atoms with Crippen molar-refractivity contribution in [2.75, 3.05) is 13.1 Å². The van der Waals surface area contributed by atoms with E-state index in [1.807, 2.05) is 30.9 Å². The molecule has 0 unspecified atom stereocenters. The number of carbonyl (C=O) groups is 2. The number of hydrogen-bond acceptors (Lipinski definition) is 3. The molecule has 130 valence electrons. The minimum Gasteiger partial charge on any atom is -0.486 e. The van der Waals surface area contributed by atoms with Crippen molar-refractivity contribution in [2.45, 2.75) is 64.9 Å². The van der Waals surface area contributed by atoms with E-state index >= 15 is 0 Å². The second-order valence-corrected chi connectivity index (χ2v) is 7.30. The largest absolute Gasteiger partial charge is 0.486 e. The number of ketones is 1. The zero-order valence-electron chi connectivity index (χ0n) is 15.0. The number of rotatable bonds is 3. The van der Waals surface area contributed by atoms with Crippen LogP contribution in [0.15, 0.2) is 12.1 Å². The van der Waals surface area contributed by atoms with E-state index in [0.29, 0.717) is 31.5 Å². The first-order valence-electron chi connectivity index (χ1n) is 9.05. The van der Waals surface area contributed by atoms with E-state index in [4.69, 9.17) is 4.74 Å². The van der Waals surface area contributed by atoms with Gasteiger partial charge in [0.15, 0.2) is 5.78 Å². The SMILES string of the molecule is CCCCC(=O)N1CCC2(CC1)CC(=O)c1cc(C)c(C)cc1O2. The van der Waals surface area contributed by atoms with Gasteiger partial charge in [-0.25, -0.2) is 0 Å². The van der Waals surface area contributed by atoms with Gasteiger partial charge in [-0.1, -0.05) is 13.3 Å².